The number of hydrogen-bond acceptors (Lipinski definition) is 1. The summed E-state index contributed by atoms with van der Waals surface area (Å²) in [5, 5.41) is 9.56. The van der Waals surface area contributed by atoms with Gasteiger partial charge in [-0.25, -0.2) is 0 Å². The van der Waals surface area contributed by atoms with Gasteiger partial charge in [-0.2, -0.15) is 0 Å². The van der Waals surface area contributed by atoms with Gasteiger partial charge in [0.05, 0.1) is 6.61 Å². The van der Waals surface area contributed by atoms with Crippen molar-refractivity contribution in [3.63, 3.8) is 0 Å². The lowest BCUT2D eigenvalue weighted by Gasteiger charge is -2.15. The van der Waals surface area contributed by atoms with Crippen LogP contribution in [0.2, 0.25) is 0 Å². The fourth-order valence-corrected chi connectivity index (χ4v) is 2.68. The summed E-state index contributed by atoms with van der Waals surface area (Å²) in [7, 11) is 0. The molecule has 0 aliphatic rings. The molecule has 0 saturated carbocycles. The molecule has 2 rings (SSSR count). The second kappa shape index (κ2) is 6.50. The van der Waals surface area contributed by atoms with Gasteiger partial charge in [0.25, 0.3) is 0 Å². The van der Waals surface area contributed by atoms with Crippen LogP contribution in [0, 0.1) is 0 Å². The van der Waals surface area contributed by atoms with Gasteiger partial charge in [-0.3, -0.25) is 0 Å². The van der Waals surface area contributed by atoms with Gasteiger partial charge in [-0.1, -0.05) is 56.1 Å². The number of benzene rings is 2. The van der Waals surface area contributed by atoms with Crippen molar-refractivity contribution in [2.24, 2.45) is 0 Å². The maximum Gasteiger partial charge on any atom is 0.0502 e. The zero-order chi connectivity index (χ0) is 13.0. The fourth-order valence-electron chi connectivity index (χ4n) is 1.97. The minimum atomic E-state index is 0.146. The molecular weight excluding hydrogens is 356 g/mol. The molecule has 0 fully saturated rings. The Kier molecular flexibility index (Phi) is 4.98. The van der Waals surface area contributed by atoms with Gasteiger partial charge >= 0.3 is 0 Å². The minimum absolute atomic E-state index is 0.146. The number of halogens is 2. The molecule has 0 aromatic heterocycles. The van der Waals surface area contributed by atoms with Crippen LogP contribution in [0.3, 0.4) is 0 Å². The van der Waals surface area contributed by atoms with Gasteiger partial charge in [-0.05, 0) is 41.8 Å². The molecule has 0 amide bonds. The Labute approximate surface area is 124 Å². The number of hydrogen-bond donors (Lipinski definition) is 1. The average molecular weight is 370 g/mol. The standard InChI is InChI=1S/C15H14Br2O/c16-14-6-4-12(5-7-14)13(10-18)8-11-2-1-3-15(17)9-11/h1-7,9,13,18H,8,10H2. The Hall–Kier alpha value is -0.640. The van der Waals surface area contributed by atoms with Crippen LogP contribution in [-0.2, 0) is 6.42 Å². The number of aliphatic hydroxyl groups is 1. The van der Waals surface area contributed by atoms with Gasteiger partial charge in [0.15, 0.2) is 0 Å². The molecule has 2 aromatic carbocycles. The van der Waals surface area contributed by atoms with Crippen LogP contribution in [0.4, 0.5) is 0 Å². The van der Waals surface area contributed by atoms with Crippen LogP contribution in [0.25, 0.3) is 0 Å². The third kappa shape index (κ3) is 3.67. The van der Waals surface area contributed by atoms with Gasteiger partial charge in [-0.15, -0.1) is 0 Å². The zero-order valence-electron chi connectivity index (χ0n) is 9.81. The molecule has 1 unspecified atom stereocenters. The summed E-state index contributed by atoms with van der Waals surface area (Å²) in [6, 6.07) is 16.4. The van der Waals surface area contributed by atoms with Gasteiger partial charge in [0, 0.05) is 14.9 Å². The summed E-state index contributed by atoms with van der Waals surface area (Å²) in [4.78, 5) is 0. The van der Waals surface area contributed by atoms with Crippen molar-refractivity contribution in [2.45, 2.75) is 12.3 Å². The van der Waals surface area contributed by atoms with Crippen molar-refractivity contribution < 1.29 is 5.11 Å². The van der Waals surface area contributed by atoms with Crippen LogP contribution in [0.1, 0.15) is 17.0 Å². The molecule has 0 bridgehead atoms. The van der Waals surface area contributed by atoms with E-state index in [0.717, 1.165) is 15.4 Å². The first-order valence-electron chi connectivity index (χ1n) is 5.80. The normalized spacial score (nSPS) is 12.4. The van der Waals surface area contributed by atoms with Crippen molar-refractivity contribution >= 4 is 31.9 Å². The molecule has 1 atom stereocenters. The Balaban J connectivity index is 2.17. The largest absolute Gasteiger partial charge is 0.396 e. The third-order valence-corrected chi connectivity index (χ3v) is 3.95. The van der Waals surface area contributed by atoms with Crippen molar-refractivity contribution in [3.8, 4) is 0 Å². The fraction of sp³-hybridized carbons (Fsp3) is 0.200. The highest BCUT2D eigenvalue weighted by atomic mass is 79.9. The molecule has 18 heavy (non-hydrogen) atoms. The summed E-state index contributed by atoms with van der Waals surface area (Å²) < 4.78 is 2.14. The smallest absolute Gasteiger partial charge is 0.0502 e. The minimum Gasteiger partial charge on any atom is -0.396 e. The highest BCUT2D eigenvalue weighted by molar-refractivity contribution is 9.10. The average Bonchev–Trinajstić information content (AvgIpc) is 2.37. The van der Waals surface area contributed by atoms with Crippen molar-refractivity contribution in [1.29, 1.82) is 0 Å². The second-order valence-corrected chi connectivity index (χ2v) is 6.10. The molecule has 1 N–H and O–H groups in total. The lowest BCUT2D eigenvalue weighted by atomic mass is 9.93. The maximum atomic E-state index is 9.56. The highest BCUT2D eigenvalue weighted by Crippen LogP contribution is 2.23. The van der Waals surface area contributed by atoms with E-state index >= 15 is 0 Å². The molecule has 94 valence electrons. The van der Waals surface area contributed by atoms with E-state index in [1.165, 1.54) is 11.1 Å². The molecule has 0 radical (unpaired) electrons. The molecule has 0 spiro atoms. The van der Waals surface area contributed by atoms with E-state index in [0.29, 0.717) is 0 Å². The molecule has 1 nitrogen and oxygen atoms in total. The quantitative estimate of drug-likeness (QED) is 0.839. The first-order chi connectivity index (χ1) is 8.69. The topological polar surface area (TPSA) is 20.2 Å². The Morgan fingerprint density at radius 2 is 1.67 bits per heavy atom. The monoisotopic (exact) mass is 368 g/mol. The zero-order valence-corrected chi connectivity index (χ0v) is 13.0. The molecular formula is C15H14Br2O. The van der Waals surface area contributed by atoms with E-state index in [1.54, 1.807) is 0 Å². The van der Waals surface area contributed by atoms with E-state index < -0.39 is 0 Å². The summed E-state index contributed by atoms with van der Waals surface area (Å²) >= 11 is 6.90. The van der Waals surface area contributed by atoms with E-state index in [2.05, 4.69) is 56.1 Å². The van der Waals surface area contributed by atoms with E-state index in [4.69, 9.17) is 0 Å². The Morgan fingerprint density at radius 1 is 0.944 bits per heavy atom. The first kappa shape index (κ1) is 13.8. The van der Waals surface area contributed by atoms with E-state index in [1.807, 2.05) is 24.3 Å². The van der Waals surface area contributed by atoms with E-state index in [-0.39, 0.29) is 12.5 Å². The SMILES string of the molecule is OCC(Cc1cccc(Br)c1)c1ccc(Br)cc1. The van der Waals surface area contributed by atoms with Crippen molar-refractivity contribution in [3.05, 3.63) is 68.6 Å². The number of rotatable bonds is 4. The maximum absolute atomic E-state index is 9.56. The lowest BCUT2D eigenvalue weighted by Crippen LogP contribution is -2.07. The molecule has 2 aromatic rings. The lowest BCUT2D eigenvalue weighted by molar-refractivity contribution is 0.264. The van der Waals surface area contributed by atoms with Crippen molar-refractivity contribution in [1.82, 2.24) is 0 Å². The predicted octanol–water partition coefficient (Wildman–Crippen LogP) is 4.53. The summed E-state index contributed by atoms with van der Waals surface area (Å²) in [5.41, 5.74) is 2.40. The third-order valence-electron chi connectivity index (χ3n) is 2.93. The van der Waals surface area contributed by atoms with Crippen LogP contribution >= 0.6 is 31.9 Å². The molecule has 0 heterocycles. The molecule has 0 saturated heterocycles. The highest BCUT2D eigenvalue weighted by Gasteiger charge is 2.11. The van der Waals surface area contributed by atoms with Gasteiger partial charge < -0.3 is 5.11 Å². The van der Waals surface area contributed by atoms with Crippen LogP contribution in [-0.4, -0.2) is 11.7 Å². The van der Waals surface area contributed by atoms with Crippen molar-refractivity contribution in [2.75, 3.05) is 6.61 Å². The summed E-state index contributed by atoms with van der Waals surface area (Å²) in [6.07, 6.45) is 0.845. The Bertz CT molecular complexity index is 508. The summed E-state index contributed by atoms with van der Waals surface area (Å²) in [5.74, 6) is 0.146. The van der Waals surface area contributed by atoms with Crippen LogP contribution in [0.15, 0.2) is 57.5 Å². The van der Waals surface area contributed by atoms with Gasteiger partial charge in [0.1, 0.15) is 0 Å². The molecule has 3 heteroatoms. The van der Waals surface area contributed by atoms with Crippen LogP contribution < -0.4 is 0 Å². The number of aliphatic hydroxyl groups excluding tert-OH is 1. The second-order valence-electron chi connectivity index (χ2n) is 4.27. The van der Waals surface area contributed by atoms with E-state index in [9.17, 15) is 5.11 Å². The molecule has 0 aliphatic carbocycles. The first-order valence-corrected chi connectivity index (χ1v) is 7.38. The van der Waals surface area contributed by atoms with Gasteiger partial charge in [0.2, 0.25) is 0 Å². The summed E-state index contributed by atoms with van der Waals surface area (Å²) in [6.45, 7) is 0.161. The Morgan fingerprint density at radius 3 is 2.28 bits per heavy atom. The molecule has 0 aliphatic heterocycles. The van der Waals surface area contributed by atoms with Crippen LogP contribution in [0.5, 0.6) is 0 Å². The predicted molar refractivity (Wildman–Crippen MR) is 81.8 cm³/mol.